The fourth-order valence-electron chi connectivity index (χ4n) is 1.85. The van der Waals surface area contributed by atoms with Crippen LogP contribution in [-0.4, -0.2) is 62.6 Å². The Hall–Kier alpha value is -2.16. The van der Waals surface area contributed by atoms with Gasteiger partial charge < -0.3 is 30.8 Å². The minimum absolute atomic E-state index is 0.261. The van der Waals surface area contributed by atoms with E-state index in [0.29, 0.717) is 25.9 Å². The molecule has 0 rings (SSSR count). The third-order valence-electron chi connectivity index (χ3n) is 2.98. The van der Waals surface area contributed by atoms with Crippen LogP contribution >= 0.6 is 0 Å². The second-order valence-electron chi connectivity index (χ2n) is 6.40. The molecular formula is C16H30N4O5. The lowest BCUT2D eigenvalue weighted by molar-refractivity contribution is -0.141. The molecular weight excluding hydrogens is 328 g/mol. The summed E-state index contributed by atoms with van der Waals surface area (Å²) < 4.78 is 9.64. The molecule has 144 valence electrons. The van der Waals surface area contributed by atoms with Crippen LogP contribution < -0.4 is 16.0 Å². The van der Waals surface area contributed by atoms with Gasteiger partial charge in [-0.3, -0.25) is 9.59 Å². The predicted molar refractivity (Wildman–Crippen MR) is 93.7 cm³/mol. The Labute approximate surface area is 148 Å². The summed E-state index contributed by atoms with van der Waals surface area (Å²) in [5.41, 5.74) is -0.673. The number of nitrogens with one attached hydrogen (secondary N) is 4. The van der Waals surface area contributed by atoms with Crippen LogP contribution in [0.25, 0.3) is 0 Å². The number of hydrogen-bond donors (Lipinski definition) is 4. The van der Waals surface area contributed by atoms with Gasteiger partial charge in [0, 0.05) is 12.8 Å². The van der Waals surface area contributed by atoms with Crippen LogP contribution in [0.1, 0.15) is 40.0 Å². The number of methoxy groups -OCH3 is 1. The van der Waals surface area contributed by atoms with Crippen LogP contribution in [0.4, 0.5) is 4.79 Å². The SMILES string of the molecule is COC(=O)CNC(=O)C(CCCCNCC=N)NC(=O)OC(C)(C)C. The summed E-state index contributed by atoms with van der Waals surface area (Å²) in [5, 5.41) is 14.9. The summed E-state index contributed by atoms with van der Waals surface area (Å²) in [6.07, 6.45) is 2.44. The number of alkyl carbamates (subject to hydrolysis) is 1. The predicted octanol–water partition coefficient (Wildman–Crippen LogP) is 0.578. The molecule has 0 aromatic heterocycles. The normalized spacial score (nSPS) is 12.0. The minimum Gasteiger partial charge on any atom is -0.468 e. The topological polar surface area (TPSA) is 130 Å². The number of esters is 1. The largest absolute Gasteiger partial charge is 0.468 e. The molecule has 0 aromatic rings. The van der Waals surface area contributed by atoms with Gasteiger partial charge in [-0.2, -0.15) is 0 Å². The van der Waals surface area contributed by atoms with E-state index in [1.807, 2.05) is 0 Å². The summed E-state index contributed by atoms with van der Waals surface area (Å²) in [7, 11) is 1.23. The van der Waals surface area contributed by atoms with Crippen molar-refractivity contribution in [3.8, 4) is 0 Å². The fraction of sp³-hybridized carbons (Fsp3) is 0.750. The third-order valence-corrected chi connectivity index (χ3v) is 2.98. The van der Waals surface area contributed by atoms with E-state index in [0.717, 1.165) is 6.42 Å². The van der Waals surface area contributed by atoms with Crippen LogP contribution in [0, 0.1) is 5.41 Å². The van der Waals surface area contributed by atoms with Crippen molar-refractivity contribution >= 4 is 24.2 Å². The van der Waals surface area contributed by atoms with Crippen LogP contribution in [-0.2, 0) is 19.1 Å². The van der Waals surface area contributed by atoms with E-state index in [1.54, 1.807) is 20.8 Å². The van der Waals surface area contributed by atoms with Gasteiger partial charge in [-0.15, -0.1) is 0 Å². The van der Waals surface area contributed by atoms with Crippen LogP contribution in [0.5, 0.6) is 0 Å². The summed E-state index contributed by atoms with van der Waals surface area (Å²) >= 11 is 0. The molecule has 0 radical (unpaired) electrons. The molecule has 0 aliphatic heterocycles. The Morgan fingerprint density at radius 1 is 1.20 bits per heavy atom. The van der Waals surface area contributed by atoms with Crippen molar-refractivity contribution in [2.75, 3.05) is 26.7 Å². The molecule has 0 spiro atoms. The first kappa shape index (κ1) is 22.8. The highest BCUT2D eigenvalue weighted by molar-refractivity contribution is 5.88. The van der Waals surface area contributed by atoms with E-state index in [-0.39, 0.29) is 6.54 Å². The molecule has 0 aliphatic rings. The molecule has 2 amide bonds. The Kier molecular flexibility index (Phi) is 11.2. The lowest BCUT2D eigenvalue weighted by Crippen LogP contribution is -2.49. The zero-order valence-corrected chi connectivity index (χ0v) is 15.4. The smallest absolute Gasteiger partial charge is 0.408 e. The average molecular weight is 358 g/mol. The van der Waals surface area contributed by atoms with E-state index in [2.05, 4.69) is 20.7 Å². The zero-order chi connectivity index (χ0) is 19.3. The molecule has 9 nitrogen and oxygen atoms in total. The molecule has 9 heteroatoms. The van der Waals surface area contributed by atoms with Gasteiger partial charge >= 0.3 is 12.1 Å². The molecule has 4 N–H and O–H groups in total. The summed E-state index contributed by atoms with van der Waals surface area (Å²) in [4.78, 5) is 35.2. The van der Waals surface area contributed by atoms with Crippen molar-refractivity contribution in [2.24, 2.45) is 0 Å². The first-order chi connectivity index (χ1) is 11.7. The van der Waals surface area contributed by atoms with Crippen LogP contribution in [0.2, 0.25) is 0 Å². The van der Waals surface area contributed by atoms with Gasteiger partial charge in [-0.1, -0.05) is 0 Å². The molecule has 25 heavy (non-hydrogen) atoms. The second-order valence-corrected chi connectivity index (χ2v) is 6.40. The van der Waals surface area contributed by atoms with Crippen molar-refractivity contribution in [2.45, 2.75) is 51.7 Å². The van der Waals surface area contributed by atoms with Crippen molar-refractivity contribution in [3.63, 3.8) is 0 Å². The molecule has 1 atom stereocenters. The lowest BCUT2D eigenvalue weighted by atomic mass is 10.1. The number of hydrogen-bond acceptors (Lipinski definition) is 7. The molecule has 0 aliphatic carbocycles. The Morgan fingerprint density at radius 2 is 1.88 bits per heavy atom. The van der Waals surface area contributed by atoms with E-state index >= 15 is 0 Å². The summed E-state index contributed by atoms with van der Waals surface area (Å²) in [6, 6.07) is -0.803. The number of carbonyl (C=O) groups is 3. The molecule has 0 saturated carbocycles. The molecule has 0 aromatic carbocycles. The highest BCUT2D eigenvalue weighted by Gasteiger charge is 2.24. The standard InChI is InChI=1S/C16H30N4O5/c1-16(2,3)25-15(23)20-12(7-5-6-9-18-10-8-17)14(22)19-11-13(21)24-4/h8,12,17-18H,5-7,9-11H2,1-4H3,(H,19,22)(H,20,23). The molecule has 1 unspecified atom stereocenters. The maximum atomic E-state index is 12.2. The zero-order valence-electron chi connectivity index (χ0n) is 15.4. The van der Waals surface area contributed by atoms with Gasteiger partial charge in [-0.25, -0.2) is 4.79 Å². The van der Waals surface area contributed by atoms with Crippen molar-refractivity contribution < 1.29 is 23.9 Å². The van der Waals surface area contributed by atoms with Crippen molar-refractivity contribution in [1.29, 1.82) is 5.41 Å². The van der Waals surface area contributed by atoms with Gasteiger partial charge in [0.1, 0.15) is 18.2 Å². The summed E-state index contributed by atoms with van der Waals surface area (Å²) in [5.74, 6) is -1.04. The Bertz CT molecular complexity index is 448. The highest BCUT2D eigenvalue weighted by Crippen LogP contribution is 2.08. The summed E-state index contributed by atoms with van der Waals surface area (Å²) in [6.45, 7) is 6.13. The maximum absolute atomic E-state index is 12.2. The van der Waals surface area contributed by atoms with Gasteiger partial charge in [0.15, 0.2) is 0 Å². The number of rotatable bonds is 11. The Morgan fingerprint density at radius 3 is 2.44 bits per heavy atom. The number of amides is 2. The van der Waals surface area contributed by atoms with Gasteiger partial charge in [0.05, 0.1) is 7.11 Å². The lowest BCUT2D eigenvalue weighted by Gasteiger charge is -2.23. The van der Waals surface area contributed by atoms with E-state index in [1.165, 1.54) is 13.3 Å². The van der Waals surface area contributed by atoms with E-state index in [9.17, 15) is 14.4 Å². The first-order valence-electron chi connectivity index (χ1n) is 8.23. The van der Waals surface area contributed by atoms with Crippen LogP contribution in [0.15, 0.2) is 0 Å². The highest BCUT2D eigenvalue weighted by atomic mass is 16.6. The average Bonchev–Trinajstić information content (AvgIpc) is 2.52. The first-order valence-corrected chi connectivity index (χ1v) is 8.23. The quantitative estimate of drug-likeness (QED) is 0.243. The fourth-order valence-corrected chi connectivity index (χ4v) is 1.85. The van der Waals surface area contributed by atoms with Crippen molar-refractivity contribution in [1.82, 2.24) is 16.0 Å². The number of ether oxygens (including phenoxy) is 2. The third kappa shape index (κ3) is 12.9. The monoisotopic (exact) mass is 358 g/mol. The maximum Gasteiger partial charge on any atom is 0.408 e. The molecule has 0 fully saturated rings. The Balaban J connectivity index is 4.52. The number of carbonyl (C=O) groups excluding carboxylic acids is 3. The molecule has 0 heterocycles. The van der Waals surface area contributed by atoms with Gasteiger partial charge in [0.25, 0.3) is 0 Å². The van der Waals surface area contributed by atoms with E-state index < -0.39 is 29.6 Å². The van der Waals surface area contributed by atoms with Gasteiger partial charge in [0.2, 0.25) is 5.91 Å². The van der Waals surface area contributed by atoms with Crippen LogP contribution in [0.3, 0.4) is 0 Å². The van der Waals surface area contributed by atoms with E-state index in [4.69, 9.17) is 10.1 Å². The van der Waals surface area contributed by atoms with Gasteiger partial charge in [-0.05, 0) is 46.6 Å². The second kappa shape index (κ2) is 12.2. The van der Waals surface area contributed by atoms with Crippen molar-refractivity contribution in [3.05, 3.63) is 0 Å². The molecule has 0 bridgehead atoms. The number of unbranched alkanes of at least 4 members (excludes halogenated alkanes) is 1. The minimum atomic E-state index is -0.803. The molecule has 0 saturated heterocycles.